The first kappa shape index (κ1) is 13.3. The molecular formula is C8H23NO2Si2. The summed E-state index contributed by atoms with van der Waals surface area (Å²) in [5, 5.41) is 3.63. The van der Waals surface area contributed by atoms with Crippen molar-refractivity contribution in [1.29, 1.82) is 0 Å². The number of rotatable bonds is 8. The van der Waals surface area contributed by atoms with Crippen molar-refractivity contribution in [3.8, 4) is 0 Å². The Balaban J connectivity index is 3.73. The second kappa shape index (κ2) is 8.89. The fraction of sp³-hybridized carbons (Fsp3) is 1.00. The number of hydrogen-bond acceptors (Lipinski definition) is 3. The first-order valence-corrected chi connectivity index (χ1v) is 7.81. The van der Waals surface area contributed by atoms with Crippen LogP contribution < -0.4 is 5.32 Å². The molecule has 1 N–H and O–H groups in total. The summed E-state index contributed by atoms with van der Waals surface area (Å²) in [6.45, 7) is 4.43. The van der Waals surface area contributed by atoms with E-state index in [9.17, 15) is 0 Å². The van der Waals surface area contributed by atoms with E-state index in [2.05, 4.69) is 19.2 Å². The normalized spacial score (nSPS) is 17.5. The molecule has 5 heteroatoms. The molecule has 0 aliphatic heterocycles. The van der Waals surface area contributed by atoms with Gasteiger partial charge < -0.3 is 14.2 Å². The van der Waals surface area contributed by atoms with E-state index in [0.717, 1.165) is 0 Å². The Kier molecular flexibility index (Phi) is 9.11. The van der Waals surface area contributed by atoms with Crippen LogP contribution in [0.2, 0.25) is 0 Å². The zero-order chi connectivity index (χ0) is 10.1. The summed E-state index contributed by atoms with van der Waals surface area (Å²) in [5.41, 5.74) is 1.25. The molecule has 0 saturated heterocycles. The van der Waals surface area contributed by atoms with Crippen LogP contribution in [0.15, 0.2) is 0 Å². The molecule has 0 fully saturated rings. The van der Waals surface area contributed by atoms with Gasteiger partial charge in [0.25, 0.3) is 0 Å². The summed E-state index contributed by atoms with van der Waals surface area (Å²) in [5.74, 6) is 0. The molecule has 0 saturated carbocycles. The highest BCUT2D eigenvalue weighted by Crippen LogP contribution is 1.95. The lowest BCUT2D eigenvalue weighted by molar-refractivity contribution is 0.393. The summed E-state index contributed by atoms with van der Waals surface area (Å²) in [4.78, 5) is 0. The Labute approximate surface area is 86.5 Å². The Hall–Kier alpha value is 0.314. The summed E-state index contributed by atoms with van der Waals surface area (Å²) in [6, 6.07) is 0. The molecule has 0 rings (SSSR count). The van der Waals surface area contributed by atoms with Gasteiger partial charge in [0.15, 0.2) is 19.5 Å². The van der Waals surface area contributed by atoms with Gasteiger partial charge in [0.2, 0.25) is 0 Å². The minimum Gasteiger partial charge on any atom is -0.426 e. The third-order valence-corrected chi connectivity index (χ3v) is 5.29. The smallest absolute Gasteiger partial charge is 0.177 e. The maximum Gasteiger partial charge on any atom is 0.177 e. The van der Waals surface area contributed by atoms with Crippen LogP contribution in [0, 0.1) is 0 Å². The zero-order valence-corrected chi connectivity index (χ0v) is 12.1. The average Bonchev–Trinajstić information content (AvgIpc) is 2.16. The van der Waals surface area contributed by atoms with Gasteiger partial charge in [-0.05, 0) is 12.8 Å². The van der Waals surface area contributed by atoms with Crippen LogP contribution in [0.5, 0.6) is 0 Å². The maximum atomic E-state index is 5.27. The minimum absolute atomic E-state index is 0.378. The van der Waals surface area contributed by atoms with E-state index in [-0.39, 0.29) is 19.5 Å². The second-order valence-electron chi connectivity index (χ2n) is 3.29. The van der Waals surface area contributed by atoms with Gasteiger partial charge in [-0.1, -0.05) is 13.8 Å². The molecule has 0 radical (unpaired) electrons. The van der Waals surface area contributed by atoms with Gasteiger partial charge in [-0.25, -0.2) is 0 Å². The van der Waals surface area contributed by atoms with Crippen LogP contribution in [0.25, 0.3) is 0 Å². The predicted octanol–water partition coefficient (Wildman–Crippen LogP) is -0.491. The summed E-state index contributed by atoms with van der Waals surface area (Å²) < 4.78 is 10.5. The van der Waals surface area contributed by atoms with E-state index >= 15 is 0 Å². The zero-order valence-electron chi connectivity index (χ0n) is 9.30. The molecule has 0 heterocycles. The second-order valence-corrected chi connectivity index (χ2v) is 7.08. The van der Waals surface area contributed by atoms with Gasteiger partial charge >= 0.3 is 0 Å². The summed E-state index contributed by atoms with van der Waals surface area (Å²) in [7, 11) is 2.87. The third kappa shape index (κ3) is 6.39. The quantitative estimate of drug-likeness (QED) is 0.561. The molecule has 0 aromatic heterocycles. The van der Waals surface area contributed by atoms with Crippen molar-refractivity contribution in [3.05, 3.63) is 0 Å². The Morgan fingerprint density at radius 2 is 1.38 bits per heavy atom. The fourth-order valence-electron chi connectivity index (χ4n) is 1.30. The highest BCUT2D eigenvalue weighted by atomic mass is 28.2. The number of nitrogens with one attached hydrogen (secondary N) is 1. The lowest BCUT2D eigenvalue weighted by Gasteiger charge is -2.22. The van der Waals surface area contributed by atoms with Crippen molar-refractivity contribution in [1.82, 2.24) is 5.32 Å². The summed E-state index contributed by atoms with van der Waals surface area (Å²) in [6.07, 6.45) is 2.35. The maximum absolute atomic E-state index is 5.27. The molecule has 0 aromatic carbocycles. The SMILES string of the molecule is CCC(NC(CC)[SiH2]OC)[SiH2]OC. The number of hydrogen-bond donors (Lipinski definition) is 1. The van der Waals surface area contributed by atoms with E-state index in [1.54, 1.807) is 0 Å². The first-order chi connectivity index (χ1) is 6.28. The van der Waals surface area contributed by atoms with E-state index in [1.165, 1.54) is 12.8 Å². The standard InChI is InChI=1S/C8H23NO2Si2/c1-5-7(12-10-3)9-8(6-2)13-11-4/h7-9H,5-6,12-13H2,1-4H3. The van der Waals surface area contributed by atoms with Crippen LogP contribution in [0.3, 0.4) is 0 Å². The van der Waals surface area contributed by atoms with E-state index < -0.39 is 0 Å². The molecule has 0 bridgehead atoms. The van der Waals surface area contributed by atoms with Crippen LogP contribution >= 0.6 is 0 Å². The van der Waals surface area contributed by atoms with Crippen LogP contribution in [-0.2, 0) is 8.85 Å². The summed E-state index contributed by atoms with van der Waals surface area (Å²) >= 11 is 0. The predicted molar refractivity (Wildman–Crippen MR) is 62.4 cm³/mol. The van der Waals surface area contributed by atoms with Gasteiger partial charge in [-0.3, -0.25) is 0 Å². The van der Waals surface area contributed by atoms with Gasteiger partial charge in [-0.15, -0.1) is 0 Å². The molecule has 13 heavy (non-hydrogen) atoms. The highest BCUT2D eigenvalue weighted by molar-refractivity contribution is 6.31. The topological polar surface area (TPSA) is 30.5 Å². The van der Waals surface area contributed by atoms with Crippen molar-refractivity contribution < 1.29 is 8.85 Å². The Morgan fingerprint density at radius 1 is 1.00 bits per heavy atom. The molecule has 0 spiro atoms. The van der Waals surface area contributed by atoms with E-state index in [4.69, 9.17) is 8.85 Å². The first-order valence-electron chi connectivity index (χ1n) is 5.02. The lowest BCUT2D eigenvalue weighted by atomic mass is 10.4. The molecule has 0 amide bonds. The van der Waals surface area contributed by atoms with E-state index in [1.807, 2.05) is 14.2 Å². The molecule has 3 nitrogen and oxygen atoms in total. The van der Waals surface area contributed by atoms with Crippen LogP contribution in [0.1, 0.15) is 26.7 Å². The molecule has 2 unspecified atom stereocenters. The average molecular weight is 221 g/mol. The Morgan fingerprint density at radius 3 is 1.62 bits per heavy atom. The monoisotopic (exact) mass is 221 g/mol. The minimum atomic E-state index is -0.378. The van der Waals surface area contributed by atoms with Crippen molar-refractivity contribution in [2.24, 2.45) is 0 Å². The molecule has 0 aliphatic carbocycles. The van der Waals surface area contributed by atoms with Gasteiger partial charge in [0, 0.05) is 25.5 Å². The van der Waals surface area contributed by atoms with Crippen molar-refractivity contribution >= 4 is 19.5 Å². The van der Waals surface area contributed by atoms with Crippen LogP contribution in [0.4, 0.5) is 0 Å². The fourth-order valence-corrected chi connectivity index (χ4v) is 3.77. The van der Waals surface area contributed by atoms with Crippen molar-refractivity contribution in [2.75, 3.05) is 14.2 Å². The van der Waals surface area contributed by atoms with Gasteiger partial charge in [0.1, 0.15) is 0 Å². The van der Waals surface area contributed by atoms with Crippen molar-refractivity contribution in [3.63, 3.8) is 0 Å². The highest BCUT2D eigenvalue weighted by Gasteiger charge is 2.12. The molecular weight excluding hydrogens is 198 g/mol. The van der Waals surface area contributed by atoms with Crippen LogP contribution in [-0.4, -0.2) is 45.1 Å². The van der Waals surface area contributed by atoms with Crippen molar-refractivity contribution in [2.45, 2.75) is 38.0 Å². The molecule has 0 aromatic rings. The third-order valence-electron chi connectivity index (χ3n) is 2.19. The van der Waals surface area contributed by atoms with Gasteiger partial charge in [-0.2, -0.15) is 0 Å². The largest absolute Gasteiger partial charge is 0.426 e. The molecule has 80 valence electrons. The molecule has 2 atom stereocenters. The molecule has 0 aliphatic rings. The lowest BCUT2D eigenvalue weighted by Crippen LogP contribution is -2.45. The van der Waals surface area contributed by atoms with E-state index in [0.29, 0.717) is 11.3 Å². The Bertz CT molecular complexity index is 104. The van der Waals surface area contributed by atoms with Gasteiger partial charge in [0.05, 0.1) is 0 Å².